The number of nitrogens with one attached hydrogen (secondary N) is 1. The molecule has 0 aliphatic rings. The molecule has 1 amide bonds. The highest BCUT2D eigenvalue weighted by molar-refractivity contribution is 7.91. The third-order valence-electron chi connectivity index (χ3n) is 2.67. The Hall–Kier alpha value is -1.48. The quantitative estimate of drug-likeness (QED) is 0.890. The summed E-state index contributed by atoms with van der Waals surface area (Å²) >= 11 is 6.77. The summed E-state index contributed by atoms with van der Waals surface area (Å²) in [6.45, 7) is 3.33. The van der Waals surface area contributed by atoms with Gasteiger partial charge in [-0.2, -0.15) is 0 Å². The maximum atomic E-state index is 12.1. The number of benzene rings is 1. The van der Waals surface area contributed by atoms with E-state index in [1.54, 1.807) is 12.1 Å². The van der Waals surface area contributed by atoms with Gasteiger partial charge in [0.05, 0.1) is 5.69 Å². The molecule has 0 atom stereocenters. The minimum absolute atomic E-state index is 0.0697. The van der Waals surface area contributed by atoms with E-state index in [1.807, 2.05) is 6.92 Å². The lowest BCUT2D eigenvalue weighted by Crippen LogP contribution is -2.11. The van der Waals surface area contributed by atoms with Gasteiger partial charge in [0.15, 0.2) is 9.34 Å². The lowest BCUT2D eigenvalue weighted by atomic mass is 10.1. The third kappa shape index (κ3) is 3.59. The molecule has 0 bridgehead atoms. The molecule has 0 spiro atoms. The fraction of sp³-hybridized carbons (Fsp3) is 0.167. The van der Waals surface area contributed by atoms with Crippen molar-refractivity contribution < 1.29 is 13.2 Å². The van der Waals surface area contributed by atoms with Crippen molar-refractivity contribution in [3.8, 4) is 0 Å². The van der Waals surface area contributed by atoms with Crippen LogP contribution in [0, 0.1) is 13.8 Å². The molecule has 2 aromatic rings. The van der Waals surface area contributed by atoms with Gasteiger partial charge in [-0.25, -0.2) is 18.5 Å². The number of halogens is 1. The normalized spacial score (nSPS) is 11.4. The van der Waals surface area contributed by atoms with Gasteiger partial charge in [0.2, 0.25) is 10.0 Å². The number of rotatable bonds is 3. The van der Waals surface area contributed by atoms with E-state index >= 15 is 0 Å². The van der Waals surface area contributed by atoms with Crippen molar-refractivity contribution in [2.24, 2.45) is 5.14 Å². The van der Waals surface area contributed by atoms with Crippen LogP contribution in [0.4, 0.5) is 5.13 Å². The number of carbonyl (C=O) groups excluding carboxylic acids is 1. The number of hydrogen-bond acceptors (Lipinski definition) is 5. The predicted octanol–water partition coefficient (Wildman–Crippen LogP) is 2.31. The Morgan fingerprint density at radius 2 is 2.05 bits per heavy atom. The van der Waals surface area contributed by atoms with Crippen molar-refractivity contribution in [1.82, 2.24) is 4.98 Å². The van der Waals surface area contributed by atoms with Gasteiger partial charge in [-0.3, -0.25) is 10.1 Å². The van der Waals surface area contributed by atoms with Crippen LogP contribution >= 0.6 is 22.9 Å². The van der Waals surface area contributed by atoms with E-state index in [4.69, 9.17) is 16.7 Å². The molecule has 112 valence electrons. The first-order valence-corrected chi connectivity index (χ1v) is 8.50. The average Bonchev–Trinajstić information content (AvgIpc) is 2.73. The second-order valence-corrected chi connectivity index (χ2v) is 7.52. The summed E-state index contributed by atoms with van der Waals surface area (Å²) < 4.78 is 22.6. The molecule has 0 aliphatic heterocycles. The number of anilines is 1. The minimum atomic E-state index is -3.84. The molecule has 2 rings (SSSR count). The van der Waals surface area contributed by atoms with Crippen LogP contribution in [-0.2, 0) is 10.0 Å². The fourth-order valence-electron chi connectivity index (χ4n) is 1.60. The first-order chi connectivity index (χ1) is 9.68. The second-order valence-electron chi connectivity index (χ2n) is 4.35. The molecule has 0 fully saturated rings. The second kappa shape index (κ2) is 5.72. The highest BCUT2D eigenvalue weighted by atomic mass is 35.5. The van der Waals surface area contributed by atoms with Gasteiger partial charge in [-0.1, -0.05) is 29.0 Å². The standard InChI is InChI=1S/C12H12ClN3O3S2/c1-6-3-4-8(5-9(6)13)10(17)16-12-15-7(2)11(20-12)21(14,18)19/h3-5H,1-2H3,(H2,14,18,19)(H,15,16,17). The summed E-state index contributed by atoms with van der Waals surface area (Å²) in [6, 6.07) is 4.88. The molecule has 0 saturated heterocycles. The molecule has 21 heavy (non-hydrogen) atoms. The summed E-state index contributed by atoms with van der Waals surface area (Å²) in [5.41, 5.74) is 1.46. The first-order valence-electron chi connectivity index (χ1n) is 5.76. The number of nitrogens with zero attached hydrogens (tertiary/aromatic N) is 1. The van der Waals surface area contributed by atoms with Crippen LogP contribution in [0.2, 0.25) is 5.02 Å². The van der Waals surface area contributed by atoms with Crippen LogP contribution in [-0.4, -0.2) is 19.3 Å². The highest BCUT2D eigenvalue weighted by Crippen LogP contribution is 2.26. The molecule has 0 unspecified atom stereocenters. The van der Waals surface area contributed by atoms with Gasteiger partial charge in [-0.15, -0.1) is 0 Å². The SMILES string of the molecule is Cc1ccc(C(=O)Nc2nc(C)c(S(N)(=O)=O)s2)cc1Cl. The van der Waals surface area contributed by atoms with E-state index < -0.39 is 15.9 Å². The number of aryl methyl sites for hydroxylation is 2. The van der Waals surface area contributed by atoms with Gasteiger partial charge in [0, 0.05) is 10.6 Å². The zero-order valence-corrected chi connectivity index (χ0v) is 13.6. The molecule has 6 nitrogen and oxygen atoms in total. The number of amides is 1. The summed E-state index contributed by atoms with van der Waals surface area (Å²) in [5, 5.41) is 8.23. The Kier molecular flexibility index (Phi) is 4.33. The zero-order chi connectivity index (χ0) is 15.8. The number of thiazole rings is 1. The lowest BCUT2D eigenvalue weighted by molar-refractivity contribution is 0.102. The maximum absolute atomic E-state index is 12.1. The molecule has 1 aromatic carbocycles. The number of hydrogen-bond donors (Lipinski definition) is 2. The Labute approximate surface area is 131 Å². The largest absolute Gasteiger partial charge is 0.298 e. The number of nitrogens with two attached hydrogens (primary N) is 1. The fourth-order valence-corrected chi connectivity index (χ4v) is 3.64. The van der Waals surface area contributed by atoms with Gasteiger partial charge in [-0.05, 0) is 31.5 Å². The smallest absolute Gasteiger partial charge is 0.257 e. The topological polar surface area (TPSA) is 102 Å². The molecule has 1 heterocycles. The van der Waals surface area contributed by atoms with Crippen molar-refractivity contribution in [3.05, 3.63) is 40.0 Å². The number of sulfonamides is 1. The molecule has 1 aromatic heterocycles. The van der Waals surface area contributed by atoms with E-state index in [-0.39, 0.29) is 15.0 Å². The van der Waals surface area contributed by atoms with Crippen molar-refractivity contribution in [2.45, 2.75) is 18.1 Å². The highest BCUT2D eigenvalue weighted by Gasteiger charge is 2.19. The van der Waals surface area contributed by atoms with Gasteiger partial charge in [0.25, 0.3) is 5.91 Å². The average molecular weight is 346 g/mol. The van der Waals surface area contributed by atoms with E-state index in [9.17, 15) is 13.2 Å². The van der Waals surface area contributed by atoms with Crippen molar-refractivity contribution >= 4 is 44.0 Å². The monoisotopic (exact) mass is 345 g/mol. The summed E-state index contributed by atoms with van der Waals surface area (Å²) in [4.78, 5) is 16.0. The van der Waals surface area contributed by atoms with E-state index in [0.717, 1.165) is 16.9 Å². The summed E-state index contributed by atoms with van der Waals surface area (Å²) in [6.07, 6.45) is 0. The first kappa shape index (κ1) is 15.9. The summed E-state index contributed by atoms with van der Waals surface area (Å²) in [7, 11) is -3.84. The van der Waals surface area contributed by atoms with Gasteiger partial charge in [0.1, 0.15) is 0 Å². The number of aromatic nitrogens is 1. The molecular formula is C12H12ClN3O3S2. The third-order valence-corrected chi connectivity index (χ3v) is 5.70. The lowest BCUT2D eigenvalue weighted by Gasteiger charge is -2.03. The number of carbonyl (C=O) groups is 1. The molecule has 3 N–H and O–H groups in total. The van der Waals surface area contributed by atoms with Crippen molar-refractivity contribution in [2.75, 3.05) is 5.32 Å². The Morgan fingerprint density at radius 1 is 1.38 bits per heavy atom. The molecule has 0 radical (unpaired) electrons. The Bertz CT molecular complexity index is 815. The van der Waals surface area contributed by atoms with E-state index in [1.165, 1.54) is 13.0 Å². The molecular weight excluding hydrogens is 334 g/mol. The predicted molar refractivity (Wildman–Crippen MR) is 82.4 cm³/mol. The molecule has 9 heteroatoms. The summed E-state index contributed by atoms with van der Waals surface area (Å²) in [5.74, 6) is -0.424. The van der Waals surface area contributed by atoms with Crippen LogP contribution in [0.1, 0.15) is 21.6 Å². The Balaban J connectivity index is 2.26. The van der Waals surface area contributed by atoms with E-state index in [2.05, 4.69) is 10.3 Å². The maximum Gasteiger partial charge on any atom is 0.257 e. The minimum Gasteiger partial charge on any atom is -0.298 e. The van der Waals surface area contributed by atoms with Crippen LogP contribution in [0.3, 0.4) is 0 Å². The molecule has 0 saturated carbocycles. The van der Waals surface area contributed by atoms with Crippen molar-refractivity contribution in [3.63, 3.8) is 0 Å². The van der Waals surface area contributed by atoms with Crippen molar-refractivity contribution in [1.29, 1.82) is 0 Å². The Morgan fingerprint density at radius 3 is 2.57 bits per heavy atom. The van der Waals surface area contributed by atoms with Crippen LogP contribution in [0.5, 0.6) is 0 Å². The molecule has 0 aliphatic carbocycles. The van der Waals surface area contributed by atoms with Gasteiger partial charge < -0.3 is 0 Å². The van der Waals surface area contributed by atoms with Gasteiger partial charge >= 0.3 is 0 Å². The van der Waals surface area contributed by atoms with Crippen LogP contribution < -0.4 is 10.5 Å². The van der Waals surface area contributed by atoms with E-state index in [0.29, 0.717) is 10.6 Å². The number of primary sulfonamides is 1. The van der Waals surface area contributed by atoms with Crippen LogP contribution in [0.15, 0.2) is 22.4 Å². The zero-order valence-electron chi connectivity index (χ0n) is 11.2. The van der Waals surface area contributed by atoms with Crippen LogP contribution in [0.25, 0.3) is 0 Å².